The number of hydrogen-bond donors (Lipinski definition) is 1. The zero-order valence-corrected chi connectivity index (χ0v) is 10.6. The van der Waals surface area contributed by atoms with Crippen LogP contribution in [0.4, 0.5) is 0 Å². The van der Waals surface area contributed by atoms with Gasteiger partial charge >= 0.3 is 0 Å². The summed E-state index contributed by atoms with van der Waals surface area (Å²) in [5.41, 5.74) is -0.0323. The van der Waals surface area contributed by atoms with Gasteiger partial charge < -0.3 is 5.32 Å². The van der Waals surface area contributed by atoms with Crippen molar-refractivity contribution in [2.24, 2.45) is 5.41 Å². The van der Waals surface area contributed by atoms with Crippen LogP contribution in [0.5, 0.6) is 0 Å². The number of piperidine rings is 1. The Morgan fingerprint density at radius 1 is 1.38 bits per heavy atom. The van der Waals surface area contributed by atoms with Gasteiger partial charge in [0.2, 0.25) is 0 Å². The molecule has 1 N–H and O–H groups in total. The molecule has 0 aliphatic carbocycles. The van der Waals surface area contributed by atoms with E-state index < -0.39 is 0 Å². The summed E-state index contributed by atoms with van der Waals surface area (Å²) in [5.74, 6) is 6.29. The van der Waals surface area contributed by atoms with E-state index in [9.17, 15) is 4.79 Å². The van der Waals surface area contributed by atoms with Gasteiger partial charge in [-0.25, -0.2) is 0 Å². The monoisotopic (exact) mass is 221 g/mol. The predicted octanol–water partition coefficient (Wildman–Crippen LogP) is 2.53. The number of nitrogens with one attached hydrogen (secondary N) is 1. The Morgan fingerprint density at radius 2 is 2.06 bits per heavy atom. The molecule has 1 aliphatic rings. The highest BCUT2D eigenvalue weighted by Crippen LogP contribution is 2.36. The van der Waals surface area contributed by atoms with Crippen molar-refractivity contribution in [3.05, 3.63) is 0 Å². The largest absolute Gasteiger partial charge is 0.317 e. The molecule has 0 spiro atoms. The van der Waals surface area contributed by atoms with Gasteiger partial charge in [0.1, 0.15) is 5.78 Å². The van der Waals surface area contributed by atoms with Crippen molar-refractivity contribution in [1.82, 2.24) is 5.32 Å². The zero-order chi connectivity index (χ0) is 11.9. The van der Waals surface area contributed by atoms with E-state index in [0.29, 0.717) is 12.2 Å². The van der Waals surface area contributed by atoms with Gasteiger partial charge in [-0.3, -0.25) is 4.79 Å². The molecule has 0 unspecified atom stereocenters. The van der Waals surface area contributed by atoms with E-state index in [1.165, 1.54) is 0 Å². The minimum atomic E-state index is -0.0323. The van der Waals surface area contributed by atoms with Gasteiger partial charge in [-0.1, -0.05) is 13.3 Å². The minimum Gasteiger partial charge on any atom is -0.317 e. The highest BCUT2D eigenvalue weighted by Gasteiger charge is 2.37. The molecule has 2 heteroatoms. The highest BCUT2D eigenvalue weighted by atomic mass is 16.1. The second-order valence-electron chi connectivity index (χ2n) is 4.63. The fraction of sp³-hybridized carbons (Fsp3) is 0.786. The van der Waals surface area contributed by atoms with Crippen LogP contribution in [0.3, 0.4) is 0 Å². The maximum Gasteiger partial charge on any atom is 0.140 e. The van der Waals surface area contributed by atoms with Gasteiger partial charge in [-0.05, 0) is 39.3 Å². The van der Waals surface area contributed by atoms with Gasteiger partial charge in [0.05, 0.1) is 0 Å². The second kappa shape index (κ2) is 6.70. The summed E-state index contributed by atoms with van der Waals surface area (Å²) in [5, 5.41) is 3.34. The van der Waals surface area contributed by atoms with E-state index >= 15 is 0 Å². The van der Waals surface area contributed by atoms with Crippen LogP contribution in [0.15, 0.2) is 0 Å². The summed E-state index contributed by atoms with van der Waals surface area (Å²) in [6.07, 6.45) is 5.55. The van der Waals surface area contributed by atoms with Crippen LogP contribution >= 0.6 is 0 Å². The lowest BCUT2D eigenvalue weighted by atomic mass is 9.71. The van der Waals surface area contributed by atoms with Crippen LogP contribution in [0, 0.1) is 17.3 Å². The number of carbonyl (C=O) groups is 1. The Morgan fingerprint density at radius 3 is 2.62 bits per heavy atom. The lowest BCUT2D eigenvalue weighted by Gasteiger charge is -2.36. The van der Waals surface area contributed by atoms with Crippen molar-refractivity contribution >= 4 is 5.78 Å². The molecule has 1 saturated heterocycles. The first-order valence-corrected chi connectivity index (χ1v) is 6.39. The molecular formula is C14H23NO. The predicted molar refractivity (Wildman–Crippen MR) is 67.1 cm³/mol. The Balaban J connectivity index is 2.59. The second-order valence-corrected chi connectivity index (χ2v) is 4.63. The average molecular weight is 221 g/mol. The normalized spacial score (nSPS) is 18.6. The van der Waals surface area contributed by atoms with Crippen molar-refractivity contribution in [1.29, 1.82) is 0 Å². The lowest BCUT2D eigenvalue weighted by molar-refractivity contribution is -0.130. The molecule has 0 atom stereocenters. The molecule has 0 aromatic heterocycles. The first-order chi connectivity index (χ1) is 7.75. The number of hydrogen-bond acceptors (Lipinski definition) is 2. The number of Topliss-reactive ketones (excluding diaryl/α,β-unsaturated/α-hetero) is 1. The summed E-state index contributed by atoms with van der Waals surface area (Å²) < 4.78 is 0. The Hall–Kier alpha value is -0.810. The van der Waals surface area contributed by atoms with Gasteiger partial charge in [-0.15, -0.1) is 11.8 Å². The van der Waals surface area contributed by atoms with Crippen molar-refractivity contribution < 1.29 is 4.79 Å². The average Bonchev–Trinajstić information content (AvgIpc) is 2.31. The van der Waals surface area contributed by atoms with Gasteiger partial charge in [0.15, 0.2) is 0 Å². The quantitative estimate of drug-likeness (QED) is 0.723. The molecule has 0 saturated carbocycles. The molecule has 0 amide bonds. The molecule has 0 radical (unpaired) electrons. The Labute approximate surface area is 99.2 Å². The van der Waals surface area contributed by atoms with E-state index in [4.69, 9.17) is 0 Å². The fourth-order valence-corrected chi connectivity index (χ4v) is 2.62. The van der Waals surface area contributed by atoms with Gasteiger partial charge in [0, 0.05) is 18.3 Å². The third-order valence-corrected chi connectivity index (χ3v) is 3.53. The molecule has 90 valence electrons. The van der Waals surface area contributed by atoms with E-state index in [2.05, 4.69) is 24.1 Å². The number of ketones is 1. The first-order valence-electron chi connectivity index (χ1n) is 6.39. The molecular weight excluding hydrogens is 198 g/mol. The van der Waals surface area contributed by atoms with Crippen LogP contribution < -0.4 is 5.32 Å². The van der Waals surface area contributed by atoms with Crippen LogP contribution in [0.2, 0.25) is 0 Å². The molecule has 1 rings (SSSR count). The number of rotatable bonds is 5. The number of carbonyl (C=O) groups excluding carboxylic acids is 1. The van der Waals surface area contributed by atoms with Crippen molar-refractivity contribution in [2.75, 3.05) is 13.1 Å². The topological polar surface area (TPSA) is 29.1 Å². The summed E-state index contributed by atoms with van der Waals surface area (Å²) in [4.78, 5) is 12.3. The molecule has 0 aromatic carbocycles. The molecule has 1 heterocycles. The van der Waals surface area contributed by atoms with Crippen LogP contribution in [-0.4, -0.2) is 18.9 Å². The Bertz CT molecular complexity index is 273. The van der Waals surface area contributed by atoms with Crippen molar-refractivity contribution in [3.63, 3.8) is 0 Å². The van der Waals surface area contributed by atoms with Crippen LogP contribution in [0.1, 0.15) is 52.4 Å². The zero-order valence-electron chi connectivity index (χ0n) is 10.6. The molecule has 16 heavy (non-hydrogen) atoms. The molecule has 2 nitrogen and oxygen atoms in total. The molecule has 0 bridgehead atoms. The summed E-state index contributed by atoms with van der Waals surface area (Å²) in [7, 11) is 0. The van der Waals surface area contributed by atoms with Crippen molar-refractivity contribution in [2.45, 2.75) is 52.4 Å². The smallest absolute Gasteiger partial charge is 0.140 e. The fourth-order valence-electron chi connectivity index (χ4n) is 2.62. The first kappa shape index (κ1) is 13.3. The Kier molecular flexibility index (Phi) is 5.55. The highest BCUT2D eigenvalue weighted by molar-refractivity contribution is 5.85. The van der Waals surface area contributed by atoms with Crippen LogP contribution in [0.25, 0.3) is 0 Å². The van der Waals surface area contributed by atoms with E-state index in [1.54, 1.807) is 0 Å². The minimum absolute atomic E-state index is 0.0323. The van der Waals surface area contributed by atoms with E-state index in [1.807, 2.05) is 6.92 Å². The summed E-state index contributed by atoms with van der Waals surface area (Å²) >= 11 is 0. The SMILES string of the molecule is CC#CCCC(=O)C1(CCC)CCNCC1. The third-order valence-electron chi connectivity index (χ3n) is 3.53. The van der Waals surface area contributed by atoms with Crippen LogP contribution in [-0.2, 0) is 4.79 Å². The van der Waals surface area contributed by atoms with Crippen molar-refractivity contribution in [3.8, 4) is 11.8 Å². The standard InChI is InChI=1S/C14H23NO/c1-3-5-6-7-13(16)14(8-4-2)9-11-15-12-10-14/h15H,4,6-12H2,1-2H3. The lowest BCUT2D eigenvalue weighted by Crippen LogP contribution is -2.42. The van der Waals surface area contributed by atoms with Gasteiger partial charge in [-0.2, -0.15) is 0 Å². The maximum atomic E-state index is 12.3. The van der Waals surface area contributed by atoms with E-state index in [-0.39, 0.29) is 5.41 Å². The van der Waals surface area contributed by atoms with Gasteiger partial charge in [0.25, 0.3) is 0 Å². The molecule has 0 aromatic rings. The third kappa shape index (κ3) is 3.35. The molecule has 1 aliphatic heterocycles. The molecule has 1 fully saturated rings. The maximum absolute atomic E-state index is 12.3. The van der Waals surface area contributed by atoms with E-state index in [0.717, 1.165) is 45.2 Å². The summed E-state index contributed by atoms with van der Waals surface area (Å²) in [6, 6.07) is 0. The summed E-state index contributed by atoms with van der Waals surface area (Å²) in [6.45, 7) is 5.98.